The number of hydrogen-bond acceptors (Lipinski definition) is 1. The van der Waals surface area contributed by atoms with Crippen molar-refractivity contribution in [3.8, 4) is 0 Å². The molecule has 0 aliphatic heterocycles. The van der Waals surface area contributed by atoms with Crippen LogP contribution in [0.25, 0.3) is 0 Å². The third-order valence-corrected chi connectivity index (χ3v) is 7.30. The van der Waals surface area contributed by atoms with Crippen LogP contribution in [0.4, 0.5) is 0 Å². The molecule has 1 nitrogen and oxygen atoms in total. The molecule has 13 heavy (non-hydrogen) atoms. The Bertz CT molecular complexity index is 154. The van der Waals surface area contributed by atoms with Crippen LogP contribution in [0.3, 0.4) is 0 Å². The molecule has 2 atom stereocenters. The van der Waals surface area contributed by atoms with Crippen LogP contribution >= 0.6 is 0 Å². The maximum Gasteiger partial charge on any atom is 0.0909 e. The third kappa shape index (κ3) is 4.60. The van der Waals surface area contributed by atoms with Gasteiger partial charge < -0.3 is 4.99 Å². The zero-order valence-electron chi connectivity index (χ0n) is 9.93. The minimum absolute atomic E-state index is 0.690. The first kappa shape index (κ1) is 12.9. The average molecular weight is 199 g/mol. The number of aliphatic imine (C=N–C) groups is 1. The molecule has 0 aromatic carbocycles. The van der Waals surface area contributed by atoms with Crippen LogP contribution in [0.2, 0.25) is 11.6 Å². The maximum absolute atomic E-state index is 4.39. The van der Waals surface area contributed by atoms with Crippen molar-refractivity contribution in [1.29, 1.82) is 0 Å². The number of hydrogen-bond donors (Lipinski definition) is 0. The molecular formula is C11H25NSi. The summed E-state index contributed by atoms with van der Waals surface area (Å²) < 4.78 is 0. The van der Waals surface area contributed by atoms with Crippen molar-refractivity contribution in [3.63, 3.8) is 0 Å². The summed E-state index contributed by atoms with van der Waals surface area (Å²) in [6.45, 7) is 9.22. The Labute approximate surface area is 85.3 Å². The van der Waals surface area contributed by atoms with Crippen LogP contribution in [-0.2, 0) is 0 Å². The second-order valence-electron chi connectivity index (χ2n) is 4.00. The van der Waals surface area contributed by atoms with Gasteiger partial charge in [0.25, 0.3) is 0 Å². The molecule has 78 valence electrons. The molecule has 0 rings (SSSR count). The van der Waals surface area contributed by atoms with Gasteiger partial charge in [0.15, 0.2) is 0 Å². The summed E-state index contributed by atoms with van der Waals surface area (Å²) in [6.07, 6.45) is 4.05. The van der Waals surface area contributed by atoms with Crippen LogP contribution in [0.1, 0.15) is 47.0 Å². The molecule has 0 radical (unpaired) electrons. The normalized spacial score (nSPS) is 17.2. The molecule has 0 aromatic rings. The van der Waals surface area contributed by atoms with E-state index >= 15 is 0 Å². The summed E-state index contributed by atoms with van der Waals surface area (Å²) in [5, 5.41) is 1.47. The monoisotopic (exact) mass is 199 g/mol. The highest BCUT2D eigenvalue weighted by Crippen LogP contribution is 2.20. The first-order valence-electron chi connectivity index (χ1n) is 5.60. The lowest BCUT2D eigenvalue weighted by Gasteiger charge is -2.20. The highest BCUT2D eigenvalue weighted by Gasteiger charge is 2.19. The van der Waals surface area contributed by atoms with Gasteiger partial charge in [-0.3, -0.25) is 0 Å². The molecule has 0 amide bonds. The maximum atomic E-state index is 4.39. The summed E-state index contributed by atoms with van der Waals surface area (Å²) >= 11 is 0. The molecule has 0 saturated carbocycles. The zero-order chi connectivity index (χ0) is 10.3. The number of unbranched alkanes of at least 4 members (excludes halogenated alkanes) is 1. The summed E-state index contributed by atoms with van der Waals surface area (Å²) in [4.78, 5) is 4.39. The van der Waals surface area contributed by atoms with Gasteiger partial charge in [0.1, 0.15) is 0 Å². The number of rotatable bonds is 6. The fourth-order valence-corrected chi connectivity index (χ4v) is 5.34. The largest absolute Gasteiger partial charge is 0.303 e. The molecule has 2 unspecified atom stereocenters. The standard InChI is InChI=1S/C11H25NSi/c1-6-8-9-13(10(3)7-2)11(4)12-5/h10,13H,6-9H2,1-5H3. The first-order chi connectivity index (χ1) is 6.17. The minimum atomic E-state index is -0.690. The molecule has 0 saturated heterocycles. The van der Waals surface area contributed by atoms with E-state index in [1.165, 1.54) is 30.6 Å². The highest BCUT2D eigenvalue weighted by molar-refractivity contribution is 6.91. The number of nitrogens with zero attached hydrogens (tertiary/aromatic N) is 1. The van der Waals surface area contributed by atoms with Gasteiger partial charge in [-0.25, -0.2) is 0 Å². The summed E-state index contributed by atoms with van der Waals surface area (Å²) in [5.74, 6) is 0. The van der Waals surface area contributed by atoms with E-state index in [-0.39, 0.29) is 0 Å². The molecule has 0 spiro atoms. The molecule has 0 aromatic heterocycles. The quantitative estimate of drug-likeness (QED) is 0.459. The van der Waals surface area contributed by atoms with Crippen molar-refractivity contribution in [2.75, 3.05) is 7.05 Å². The van der Waals surface area contributed by atoms with E-state index < -0.39 is 8.80 Å². The molecule has 0 bridgehead atoms. The van der Waals surface area contributed by atoms with Gasteiger partial charge >= 0.3 is 0 Å². The van der Waals surface area contributed by atoms with Crippen molar-refractivity contribution in [2.24, 2.45) is 4.99 Å². The Hall–Kier alpha value is -0.113. The van der Waals surface area contributed by atoms with Crippen LogP contribution in [0.15, 0.2) is 4.99 Å². The fourth-order valence-electron chi connectivity index (χ4n) is 1.78. The van der Waals surface area contributed by atoms with E-state index in [1.807, 2.05) is 7.05 Å². The predicted octanol–water partition coefficient (Wildman–Crippen LogP) is 3.44. The van der Waals surface area contributed by atoms with Gasteiger partial charge in [-0.2, -0.15) is 0 Å². The Balaban J connectivity index is 4.18. The van der Waals surface area contributed by atoms with Gasteiger partial charge in [-0.1, -0.05) is 46.1 Å². The molecule has 0 heterocycles. The SMILES string of the molecule is CCCC[SiH](C(C)=NC)C(C)CC. The Morgan fingerprint density at radius 1 is 1.38 bits per heavy atom. The summed E-state index contributed by atoms with van der Waals surface area (Å²) in [7, 11) is 1.26. The summed E-state index contributed by atoms with van der Waals surface area (Å²) in [5.41, 5.74) is 0.926. The Morgan fingerprint density at radius 2 is 2.00 bits per heavy atom. The molecule has 0 aliphatic rings. The van der Waals surface area contributed by atoms with Gasteiger partial charge in [-0.05, 0) is 17.8 Å². The van der Waals surface area contributed by atoms with Gasteiger partial charge in [-0.15, -0.1) is 0 Å². The smallest absolute Gasteiger partial charge is 0.0909 e. The van der Waals surface area contributed by atoms with E-state index in [0.29, 0.717) is 0 Å². The lowest BCUT2D eigenvalue weighted by Crippen LogP contribution is -2.27. The highest BCUT2D eigenvalue weighted by atomic mass is 28.3. The third-order valence-electron chi connectivity index (χ3n) is 3.09. The lowest BCUT2D eigenvalue weighted by molar-refractivity contribution is 0.823. The molecule has 0 N–H and O–H groups in total. The minimum Gasteiger partial charge on any atom is -0.303 e. The van der Waals surface area contributed by atoms with Crippen molar-refractivity contribution in [1.82, 2.24) is 0 Å². The van der Waals surface area contributed by atoms with Gasteiger partial charge in [0.05, 0.1) is 8.80 Å². The Morgan fingerprint density at radius 3 is 2.38 bits per heavy atom. The van der Waals surface area contributed by atoms with Crippen molar-refractivity contribution in [3.05, 3.63) is 0 Å². The van der Waals surface area contributed by atoms with E-state index in [1.54, 1.807) is 0 Å². The second-order valence-corrected chi connectivity index (χ2v) is 7.76. The van der Waals surface area contributed by atoms with E-state index in [9.17, 15) is 0 Å². The first-order valence-corrected chi connectivity index (χ1v) is 7.66. The predicted molar refractivity (Wildman–Crippen MR) is 65.6 cm³/mol. The van der Waals surface area contributed by atoms with Crippen LogP contribution < -0.4 is 0 Å². The van der Waals surface area contributed by atoms with E-state index in [4.69, 9.17) is 0 Å². The average Bonchev–Trinajstić information content (AvgIpc) is 2.17. The summed E-state index contributed by atoms with van der Waals surface area (Å²) in [6, 6.07) is 1.45. The van der Waals surface area contributed by atoms with Crippen LogP contribution in [0.5, 0.6) is 0 Å². The van der Waals surface area contributed by atoms with Crippen molar-refractivity contribution >= 4 is 14.1 Å². The van der Waals surface area contributed by atoms with Crippen molar-refractivity contribution in [2.45, 2.75) is 58.5 Å². The topological polar surface area (TPSA) is 12.4 Å². The van der Waals surface area contributed by atoms with Crippen LogP contribution in [0, 0.1) is 0 Å². The molecule has 2 heteroatoms. The molecule has 0 aliphatic carbocycles. The zero-order valence-corrected chi connectivity index (χ0v) is 11.1. The van der Waals surface area contributed by atoms with E-state index in [0.717, 1.165) is 5.54 Å². The van der Waals surface area contributed by atoms with E-state index in [2.05, 4.69) is 32.7 Å². The van der Waals surface area contributed by atoms with Crippen LogP contribution in [-0.4, -0.2) is 21.2 Å². The fraction of sp³-hybridized carbons (Fsp3) is 0.909. The Kier molecular flexibility index (Phi) is 7.24. The molecule has 0 fully saturated rings. The van der Waals surface area contributed by atoms with Gasteiger partial charge in [0, 0.05) is 7.05 Å². The van der Waals surface area contributed by atoms with Crippen molar-refractivity contribution < 1.29 is 0 Å². The van der Waals surface area contributed by atoms with Gasteiger partial charge in [0.2, 0.25) is 0 Å². The second kappa shape index (κ2) is 7.31. The lowest BCUT2D eigenvalue weighted by atomic mass is 10.4. The molecular weight excluding hydrogens is 174 g/mol.